The fourth-order valence-corrected chi connectivity index (χ4v) is 1.48. The van der Waals surface area contributed by atoms with Crippen LogP contribution in [0.4, 0.5) is 8.78 Å². The van der Waals surface area contributed by atoms with Gasteiger partial charge < -0.3 is 9.47 Å². The number of methoxy groups -OCH3 is 1. The summed E-state index contributed by atoms with van der Waals surface area (Å²) in [5, 5.41) is 0. The number of halogens is 3. The maximum absolute atomic E-state index is 11.9. The van der Waals surface area contributed by atoms with Gasteiger partial charge >= 0.3 is 12.6 Å². The summed E-state index contributed by atoms with van der Waals surface area (Å²) < 4.78 is 32.8. The first-order chi connectivity index (χ1) is 7.51. The van der Waals surface area contributed by atoms with Crippen LogP contribution in [0.15, 0.2) is 16.7 Å². The molecule has 0 aliphatic carbocycles. The van der Waals surface area contributed by atoms with Crippen LogP contribution < -0.4 is 4.74 Å². The van der Waals surface area contributed by atoms with E-state index in [0.29, 0.717) is 10.2 Å². The van der Waals surface area contributed by atoms with Gasteiger partial charge in [-0.3, -0.25) is 4.79 Å². The molecule has 0 aliphatic heterocycles. The zero-order chi connectivity index (χ0) is 12.1. The van der Waals surface area contributed by atoms with Crippen molar-refractivity contribution in [3.05, 3.63) is 22.3 Å². The molecule has 0 saturated carbocycles. The summed E-state index contributed by atoms with van der Waals surface area (Å²) in [5.74, 6) is -0.718. The number of carbonyl (C=O) groups is 1. The van der Waals surface area contributed by atoms with Gasteiger partial charge in [-0.1, -0.05) is 0 Å². The van der Waals surface area contributed by atoms with Crippen LogP contribution in [0, 0.1) is 0 Å². The first-order valence-electron chi connectivity index (χ1n) is 4.19. The Bertz CT molecular complexity index is 387. The Labute approximate surface area is 98.7 Å². The molecule has 16 heavy (non-hydrogen) atoms. The zero-order valence-corrected chi connectivity index (χ0v) is 9.83. The van der Waals surface area contributed by atoms with Crippen LogP contribution in [-0.2, 0) is 16.0 Å². The highest BCUT2D eigenvalue weighted by Crippen LogP contribution is 2.19. The minimum absolute atomic E-state index is 0.0305. The lowest BCUT2D eigenvalue weighted by molar-refractivity contribution is -0.139. The molecule has 1 rings (SSSR count). The van der Waals surface area contributed by atoms with Crippen LogP contribution >= 0.6 is 15.9 Å². The Morgan fingerprint density at radius 1 is 1.56 bits per heavy atom. The molecule has 4 nitrogen and oxygen atoms in total. The van der Waals surface area contributed by atoms with Crippen LogP contribution in [0.5, 0.6) is 5.88 Å². The maximum Gasteiger partial charge on any atom is 0.388 e. The molecule has 7 heteroatoms. The average molecular weight is 296 g/mol. The van der Waals surface area contributed by atoms with Crippen molar-refractivity contribution in [1.82, 2.24) is 4.98 Å². The summed E-state index contributed by atoms with van der Waals surface area (Å²) in [6, 6.07) is 2.78. The van der Waals surface area contributed by atoms with E-state index in [9.17, 15) is 13.6 Å². The minimum atomic E-state index is -2.95. The molecule has 0 atom stereocenters. The number of esters is 1. The van der Waals surface area contributed by atoms with Crippen molar-refractivity contribution < 1.29 is 23.0 Å². The van der Waals surface area contributed by atoms with Crippen molar-refractivity contribution in [1.29, 1.82) is 0 Å². The van der Waals surface area contributed by atoms with Crippen LogP contribution in [0.25, 0.3) is 0 Å². The number of aromatic nitrogens is 1. The first-order valence-corrected chi connectivity index (χ1v) is 4.98. The Kier molecular flexibility index (Phi) is 4.60. The van der Waals surface area contributed by atoms with Crippen molar-refractivity contribution in [2.24, 2.45) is 0 Å². The highest BCUT2D eigenvalue weighted by atomic mass is 79.9. The molecule has 1 aromatic heterocycles. The van der Waals surface area contributed by atoms with E-state index < -0.39 is 12.6 Å². The molecule has 0 saturated heterocycles. The van der Waals surface area contributed by atoms with E-state index in [0.717, 1.165) is 0 Å². The normalized spacial score (nSPS) is 10.3. The number of nitrogens with zero attached hydrogens (tertiary/aromatic N) is 1. The maximum atomic E-state index is 11.9. The van der Waals surface area contributed by atoms with E-state index in [1.165, 1.54) is 19.2 Å². The van der Waals surface area contributed by atoms with E-state index in [1.54, 1.807) is 0 Å². The Morgan fingerprint density at radius 3 is 2.81 bits per heavy atom. The Morgan fingerprint density at radius 2 is 2.25 bits per heavy atom. The largest absolute Gasteiger partial charge is 0.469 e. The number of hydrogen-bond donors (Lipinski definition) is 0. The van der Waals surface area contributed by atoms with Crippen molar-refractivity contribution in [2.75, 3.05) is 7.11 Å². The quantitative estimate of drug-likeness (QED) is 0.631. The van der Waals surface area contributed by atoms with Gasteiger partial charge in [0.2, 0.25) is 5.88 Å². The van der Waals surface area contributed by atoms with Crippen LogP contribution in [0.2, 0.25) is 0 Å². The molecule has 0 fully saturated rings. The summed E-state index contributed by atoms with van der Waals surface area (Å²) in [7, 11) is 1.25. The molecular formula is C9H8BrF2NO3. The smallest absolute Gasteiger partial charge is 0.388 e. The van der Waals surface area contributed by atoms with E-state index in [2.05, 4.69) is 30.4 Å². The molecule has 0 aliphatic rings. The highest BCUT2D eigenvalue weighted by molar-refractivity contribution is 9.10. The average Bonchev–Trinajstić information content (AvgIpc) is 2.15. The van der Waals surface area contributed by atoms with E-state index in [-0.39, 0.29) is 12.3 Å². The van der Waals surface area contributed by atoms with E-state index in [4.69, 9.17) is 0 Å². The van der Waals surface area contributed by atoms with E-state index in [1.807, 2.05) is 0 Å². The summed E-state index contributed by atoms with van der Waals surface area (Å²) in [4.78, 5) is 14.6. The van der Waals surface area contributed by atoms with Crippen molar-refractivity contribution in [3.63, 3.8) is 0 Å². The summed E-state index contributed by atoms with van der Waals surface area (Å²) in [6.45, 7) is -2.95. The lowest BCUT2D eigenvalue weighted by Crippen LogP contribution is -2.07. The molecule has 1 heterocycles. The van der Waals surface area contributed by atoms with Crippen molar-refractivity contribution in [3.8, 4) is 5.88 Å². The number of carbonyl (C=O) groups excluding carboxylic acids is 1. The Hall–Kier alpha value is -1.24. The van der Waals surface area contributed by atoms with Crippen LogP contribution in [0.3, 0.4) is 0 Å². The molecule has 0 spiro atoms. The SMILES string of the molecule is COC(=O)Cc1cc(Br)nc(OC(F)F)c1. The summed E-state index contributed by atoms with van der Waals surface area (Å²) in [6.07, 6.45) is -0.0305. The molecule has 0 amide bonds. The van der Waals surface area contributed by atoms with Gasteiger partial charge in [-0.25, -0.2) is 4.98 Å². The molecule has 88 valence electrons. The highest BCUT2D eigenvalue weighted by Gasteiger charge is 2.10. The van der Waals surface area contributed by atoms with Gasteiger partial charge in [0, 0.05) is 6.07 Å². The van der Waals surface area contributed by atoms with Gasteiger partial charge in [-0.15, -0.1) is 0 Å². The predicted molar refractivity (Wildman–Crippen MR) is 54.3 cm³/mol. The van der Waals surface area contributed by atoms with Gasteiger partial charge in [0.15, 0.2) is 0 Å². The molecule has 0 radical (unpaired) electrons. The van der Waals surface area contributed by atoms with Gasteiger partial charge in [-0.2, -0.15) is 8.78 Å². The number of ether oxygens (including phenoxy) is 2. The second-order valence-corrected chi connectivity index (χ2v) is 3.58. The van der Waals surface area contributed by atoms with Crippen LogP contribution in [0.1, 0.15) is 5.56 Å². The molecule has 0 aromatic carbocycles. The number of hydrogen-bond acceptors (Lipinski definition) is 4. The lowest BCUT2D eigenvalue weighted by atomic mass is 10.2. The molecule has 0 N–H and O–H groups in total. The monoisotopic (exact) mass is 295 g/mol. The second kappa shape index (κ2) is 5.74. The number of pyridine rings is 1. The third kappa shape index (κ3) is 4.09. The van der Waals surface area contributed by atoms with Gasteiger partial charge in [0.1, 0.15) is 4.60 Å². The van der Waals surface area contributed by atoms with Crippen LogP contribution in [-0.4, -0.2) is 24.7 Å². The first kappa shape index (κ1) is 12.8. The third-order valence-corrected chi connectivity index (χ3v) is 2.02. The van der Waals surface area contributed by atoms with E-state index >= 15 is 0 Å². The predicted octanol–water partition coefficient (Wildman–Crippen LogP) is 2.16. The molecule has 1 aromatic rings. The van der Waals surface area contributed by atoms with Gasteiger partial charge in [0.25, 0.3) is 0 Å². The van der Waals surface area contributed by atoms with Gasteiger partial charge in [0.05, 0.1) is 13.5 Å². The fraction of sp³-hybridized carbons (Fsp3) is 0.333. The second-order valence-electron chi connectivity index (χ2n) is 2.77. The Balaban J connectivity index is 2.85. The zero-order valence-electron chi connectivity index (χ0n) is 8.25. The molecular weight excluding hydrogens is 288 g/mol. The fourth-order valence-electron chi connectivity index (χ4n) is 1.02. The standard InChI is InChI=1S/C9H8BrF2NO3/c1-15-8(14)4-5-2-6(10)13-7(3-5)16-9(11)12/h2-3,9H,4H2,1H3. The summed E-state index contributed by atoms with van der Waals surface area (Å²) >= 11 is 3.03. The van der Waals surface area contributed by atoms with Crippen molar-refractivity contribution in [2.45, 2.75) is 13.0 Å². The third-order valence-electron chi connectivity index (χ3n) is 1.62. The lowest BCUT2D eigenvalue weighted by Gasteiger charge is -2.06. The topological polar surface area (TPSA) is 48.4 Å². The van der Waals surface area contributed by atoms with Crippen molar-refractivity contribution >= 4 is 21.9 Å². The number of alkyl halides is 2. The summed E-state index contributed by atoms with van der Waals surface area (Å²) in [5.41, 5.74) is 0.476. The molecule has 0 bridgehead atoms. The number of rotatable bonds is 4. The molecule has 0 unspecified atom stereocenters. The van der Waals surface area contributed by atoms with Gasteiger partial charge in [-0.05, 0) is 27.6 Å². The minimum Gasteiger partial charge on any atom is -0.469 e.